The number of esters is 1. The molecule has 0 aromatic heterocycles. The normalized spacial score (nSPS) is 13.5. The van der Waals surface area contributed by atoms with Crippen molar-refractivity contribution in [2.24, 2.45) is 0 Å². The van der Waals surface area contributed by atoms with E-state index in [4.69, 9.17) is 11.2 Å². The third kappa shape index (κ3) is 3.09. The molecule has 3 nitrogen and oxygen atoms in total. The molecule has 1 atom stereocenters. The fraction of sp³-hybridized carbons (Fsp3) is 0.308. The van der Waals surface area contributed by atoms with Gasteiger partial charge in [0.05, 0.1) is 13.7 Å². The number of nitrogens with one attached hydrogen (secondary N) is 1. The van der Waals surface area contributed by atoms with Gasteiger partial charge in [-0.25, -0.2) is 4.79 Å². The maximum absolute atomic E-state index is 11.9. The zero-order chi connectivity index (χ0) is 12.9. The van der Waals surface area contributed by atoms with Crippen molar-refractivity contribution in [3.05, 3.63) is 34.3 Å². The Kier molecular flexibility index (Phi) is 4.73. The first kappa shape index (κ1) is 13.8. The van der Waals surface area contributed by atoms with E-state index in [9.17, 15) is 4.79 Å². The molecule has 0 radical (unpaired) electrons. The third-order valence-corrected chi connectivity index (χ3v) is 3.09. The Hall–Kier alpha value is -1.31. The lowest BCUT2D eigenvalue weighted by Gasteiger charge is -2.27. The lowest BCUT2D eigenvalue weighted by molar-refractivity contribution is -0.148. The number of methoxy groups -OCH3 is 1. The number of hydrogen-bond acceptors (Lipinski definition) is 3. The molecule has 0 aliphatic carbocycles. The number of rotatable bonds is 4. The SMILES string of the molecule is C#CCNC(C)(C(=O)OC)c1ccc(Br)cc1. The second-order valence-corrected chi connectivity index (χ2v) is 4.60. The second kappa shape index (κ2) is 5.85. The highest BCUT2D eigenvalue weighted by Crippen LogP contribution is 2.24. The van der Waals surface area contributed by atoms with Crippen LogP contribution in [0.15, 0.2) is 28.7 Å². The van der Waals surface area contributed by atoms with Crippen molar-refractivity contribution in [2.75, 3.05) is 13.7 Å². The van der Waals surface area contributed by atoms with E-state index in [-0.39, 0.29) is 5.97 Å². The highest BCUT2D eigenvalue weighted by Gasteiger charge is 2.35. The monoisotopic (exact) mass is 295 g/mol. The Labute approximate surface area is 110 Å². The first-order valence-corrected chi connectivity index (χ1v) is 5.87. The molecule has 0 aliphatic rings. The average Bonchev–Trinajstić information content (AvgIpc) is 2.35. The van der Waals surface area contributed by atoms with Gasteiger partial charge in [0.25, 0.3) is 0 Å². The maximum atomic E-state index is 11.9. The van der Waals surface area contributed by atoms with Crippen molar-refractivity contribution in [1.82, 2.24) is 5.32 Å². The molecule has 1 N–H and O–H groups in total. The summed E-state index contributed by atoms with van der Waals surface area (Å²) >= 11 is 3.35. The average molecular weight is 296 g/mol. The molecule has 1 aromatic rings. The van der Waals surface area contributed by atoms with Gasteiger partial charge in [-0.3, -0.25) is 5.32 Å². The Morgan fingerprint density at radius 3 is 2.59 bits per heavy atom. The van der Waals surface area contributed by atoms with Gasteiger partial charge in [0.1, 0.15) is 5.54 Å². The number of ether oxygens (including phenoxy) is 1. The zero-order valence-corrected chi connectivity index (χ0v) is 11.4. The zero-order valence-electron chi connectivity index (χ0n) is 9.79. The van der Waals surface area contributed by atoms with E-state index < -0.39 is 5.54 Å². The number of carbonyl (C=O) groups excluding carboxylic acids is 1. The molecule has 1 aromatic carbocycles. The van der Waals surface area contributed by atoms with Crippen LogP contribution in [0.25, 0.3) is 0 Å². The Morgan fingerprint density at radius 2 is 2.12 bits per heavy atom. The minimum absolute atomic E-state index is 0.293. The highest BCUT2D eigenvalue weighted by atomic mass is 79.9. The quantitative estimate of drug-likeness (QED) is 0.683. The van der Waals surface area contributed by atoms with E-state index in [2.05, 4.69) is 27.2 Å². The van der Waals surface area contributed by atoms with Crippen molar-refractivity contribution >= 4 is 21.9 Å². The first-order chi connectivity index (χ1) is 8.04. The van der Waals surface area contributed by atoms with Crippen LogP contribution in [0.4, 0.5) is 0 Å². The van der Waals surface area contributed by atoms with E-state index in [1.54, 1.807) is 6.92 Å². The molecular weight excluding hydrogens is 282 g/mol. The molecule has 0 saturated heterocycles. The van der Waals surface area contributed by atoms with Crippen LogP contribution in [0, 0.1) is 12.3 Å². The molecular formula is C13H14BrNO2. The molecule has 17 heavy (non-hydrogen) atoms. The first-order valence-electron chi connectivity index (χ1n) is 5.07. The van der Waals surface area contributed by atoms with Crippen LogP contribution in [0.3, 0.4) is 0 Å². The fourth-order valence-corrected chi connectivity index (χ4v) is 1.77. The largest absolute Gasteiger partial charge is 0.467 e. The van der Waals surface area contributed by atoms with E-state index in [0.29, 0.717) is 6.54 Å². The van der Waals surface area contributed by atoms with Crippen molar-refractivity contribution in [2.45, 2.75) is 12.5 Å². The van der Waals surface area contributed by atoms with Crippen LogP contribution < -0.4 is 5.32 Å². The Morgan fingerprint density at radius 1 is 1.53 bits per heavy atom. The van der Waals surface area contributed by atoms with Crippen LogP contribution in [0.2, 0.25) is 0 Å². The third-order valence-electron chi connectivity index (χ3n) is 2.56. The van der Waals surface area contributed by atoms with Crippen molar-refractivity contribution in [3.8, 4) is 12.3 Å². The maximum Gasteiger partial charge on any atom is 0.330 e. The van der Waals surface area contributed by atoms with Crippen LogP contribution in [-0.4, -0.2) is 19.6 Å². The number of hydrogen-bond donors (Lipinski definition) is 1. The predicted octanol–water partition coefficient (Wildman–Crippen LogP) is 2.06. The molecule has 0 fully saturated rings. The summed E-state index contributed by atoms with van der Waals surface area (Å²) in [6, 6.07) is 7.44. The Balaban J connectivity index is 3.10. The highest BCUT2D eigenvalue weighted by molar-refractivity contribution is 9.10. The van der Waals surface area contributed by atoms with Crippen molar-refractivity contribution < 1.29 is 9.53 Å². The summed E-state index contributed by atoms with van der Waals surface area (Å²) in [6.07, 6.45) is 5.21. The van der Waals surface area contributed by atoms with Gasteiger partial charge in [-0.1, -0.05) is 34.0 Å². The molecule has 0 aliphatic heterocycles. The molecule has 0 bridgehead atoms. The molecule has 4 heteroatoms. The molecule has 0 spiro atoms. The number of terminal acetylenes is 1. The van der Waals surface area contributed by atoms with Crippen LogP contribution in [0.5, 0.6) is 0 Å². The van der Waals surface area contributed by atoms with Gasteiger partial charge in [0.2, 0.25) is 0 Å². The van der Waals surface area contributed by atoms with Gasteiger partial charge < -0.3 is 4.74 Å². The van der Waals surface area contributed by atoms with Gasteiger partial charge in [0, 0.05) is 4.47 Å². The van der Waals surface area contributed by atoms with E-state index in [1.165, 1.54) is 7.11 Å². The molecule has 0 amide bonds. The van der Waals surface area contributed by atoms with E-state index in [1.807, 2.05) is 24.3 Å². The summed E-state index contributed by atoms with van der Waals surface area (Å²) in [5.41, 5.74) is -0.121. The molecule has 90 valence electrons. The van der Waals surface area contributed by atoms with Gasteiger partial charge >= 0.3 is 5.97 Å². The van der Waals surface area contributed by atoms with Gasteiger partial charge in [-0.2, -0.15) is 0 Å². The van der Waals surface area contributed by atoms with Crippen molar-refractivity contribution in [3.63, 3.8) is 0 Å². The minimum Gasteiger partial charge on any atom is -0.467 e. The van der Waals surface area contributed by atoms with Gasteiger partial charge in [-0.15, -0.1) is 6.42 Å². The number of carbonyl (C=O) groups is 1. The topological polar surface area (TPSA) is 38.3 Å². The van der Waals surface area contributed by atoms with E-state index in [0.717, 1.165) is 10.0 Å². The molecule has 0 saturated carbocycles. The standard InChI is InChI=1S/C13H14BrNO2/c1-4-9-15-13(2,12(16)17-3)10-5-7-11(14)8-6-10/h1,5-8,15H,9H2,2-3H3. The van der Waals surface area contributed by atoms with Crippen LogP contribution in [-0.2, 0) is 15.1 Å². The summed E-state index contributed by atoms with van der Waals surface area (Å²) in [7, 11) is 1.36. The lowest BCUT2D eigenvalue weighted by Crippen LogP contribution is -2.47. The summed E-state index contributed by atoms with van der Waals surface area (Å²) in [5.74, 6) is 2.09. The smallest absolute Gasteiger partial charge is 0.330 e. The summed E-state index contributed by atoms with van der Waals surface area (Å²) in [4.78, 5) is 11.9. The molecule has 0 heterocycles. The summed E-state index contributed by atoms with van der Waals surface area (Å²) in [6.45, 7) is 2.04. The second-order valence-electron chi connectivity index (χ2n) is 3.68. The number of benzene rings is 1. The minimum atomic E-state index is -0.929. The summed E-state index contributed by atoms with van der Waals surface area (Å²) < 4.78 is 5.76. The lowest BCUT2D eigenvalue weighted by atomic mass is 9.92. The van der Waals surface area contributed by atoms with E-state index >= 15 is 0 Å². The van der Waals surface area contributed by atoms with Gasteiger partial charge in [0.15, 0.2) is 0 Å². The van der Waals surface area contributed by atoms with Gasteiger partial charge in [-0.05, 0) is 24.6 Å². The molecule has 1 unspecified atom stereocenters. The fourth-order valence-electron chi connectivity index (χ4n) is 1.51. The van der Waals surface area contributed by atoms with Crippen molar-refractivity contribution in [1.29, 1.82) is 0 Å². The predicted molar refractivity (Wildman–Crippen MR) is 70.3 cm³/mol. The van der Waals surface area contributed by atoms with Crippen LogP contribution in [0.1, 0.15) is 12.5 Å². The number of halogens is 1. The Bertz CT molecular complexity index is 436. The van der Waals surface area contributed by atoms with Crippen LogP contribution >= 0.6 is 15.9 Å². The summed E-state index contributed by atoms with van der Waals surface area (Å²) in [5, 5.41) is 3.01. The molecule has 1 rings (SSSR count).